The second-order valence-electron chi connectivity index (χ2n) is 6.77. The number of aliphatic hydroxyl groups excluding tert-OH is 1. The minimum Gasteiger partial charge on any atom is -0.391 e. The van der Waals surface area contributed by atoms with E-state index in [1.807, 2.05) is 25.3 Å². The number of amides is 1. The van der Waals surface area contributed by atoms with Crippen LogP contribution in [-0.4, -0.2) is 46.0 Å². The predicted octanol–water partition coefficient (Wildman–Crippen LogP) is 1.04. The van der Waals surface area contributed by atoms with Crippen LogP contribution >= 0.6 is 0 Å². The molecule has 6 nitrogen and oxygen atoms in total. The number of rotatable bonds is 4. The summed E-state index contributed by atoms with van der Waals surface area (Å²) in [6, 6.07) is 7.99. The summed E-state index contributed by atoms with van der Waals surface area (Å²) in [7, 11) is 0. The van der Waals surface area contributed by atoms with Gasteiger partial charge in [-0.3, -0.25) is 9.48 Å². The molecule has 3 atom stereocenters. The summed E-state index contributed by atoms with van der Waals surface area (Å²) in [4.78, 5) is 14.6. The lowest BCUT2D eigenvalue weighted by atomic mass is 9.83. The van der Waals surface area contributed by atoms with Crippen molar-refractivity contribution in [1.82, 2.24) is 15.1 Å². The van der Waals surface area contributed by atoms with Gasteiger partial charge in [0, 0.05) is 18.4 Å². The highest BCUT2D eigenvalue weighted by Gasteiger charge is 2.42. The molecule has 24 heavy (non-hydrogen) atoms. The van der Waals surface area contributed by atoms with Crippen LogP contribution < -0.4 is 10.2 Å². The van der Waals surface area contributed by atoms with Crippen LogP contribution in [0.4, 0.5) is 5.69 Å². The molecule has 0 unspecified atom stereocenters. The number of para-hydroxylation sites is 1. The molecule has 2 N–H and O–H groups in total. The van der Waals surface area contributed by atoms with Crippen molar-refractivity contribution < 1.29 is 9.90 Å². The number of benzene rings is 1. The Hall–Kier alpha value is -2.34. The van der Waals surface area contributed by atoms with Crippen molar-refractivity contribution in [1.29, 1.82) is 0 Å². The van der Waals surface area contributed by atoms with Gasteiger partial charge in [-0.2, -0.15) is 5.10 Å². The number of anilines is 1. The van der Waals surface area contributed by atoms with E-state index < -0.39 is 6.10 Å². The Morgan fingerprint density at radius 1 is 1.42 bits per heavy atom. The highest BCUT2D eigenvalue weighted by molar-refractivity contribution is 5.82. The zero-order valence-electron chi connectivity index (χ0n) is 13.7. The van der Waals surface area contributed by atoms with E-state index in [0.717, 1.165) is 24.2 Å². The number of hydrogen-bond donors (Lipinski definition) is 2. The number of hydrogen-bond acceptors (Lipinski definition) is 4. The molecule has 1 aromatic heterocycles. The van der Waals surface area contributed by atoms with Crippen molar-refractivity contribution in [2.75, 3.05) is 18.0 Å². The number of fused-ring (bicyclic) bond motifs is 1. The largest absolute Gasteiger partial charge is 0.391 e. The fourth-order valence-electron chi connectivity index (χ4n) is 3.71. The molecule has 2 aliphatic rings. The maximum absolute atomic E-state index is 12.4. The number of carbonyl (C=O) groups is 1. The van der Waals surface area contributed by atoms with Crippen LogP contribution in [0.5, 0.6) is 0 Å². The maximum atomic E-state index is 12.4. The summed E-state index contributed by atoms with van der Waals surface area (Å²) in [5.74, 6) is -0.00233. The quantitative estimate of drug-likeness (QED) is 0.881. The molecule has 0 spiro atoms. The molecule has 1 aliphatic heterocycles. The standard InChI is InChI=1S/C18H22N4O2/c1-12-9-19-22(10-12)18-14(8-16(18)23)20-17(24)11-21-7-6-13-4-2-3-5-15(13)21/h2-5,9-10,14,16,18,23H,6-8,11H2,1H3,(H,20,24)/t14-,16+,18+/m0/s1. The first-order chi connectivity index (χ1) is 11.6. The highest BCUT2D eigenvalue weighted by Crippen LogP contribution is 2.33. The van der Waals surface area contributed by atoms with Crippen molar-refractivity contribution in [3.05, 3.63) is 47.8 Å². The lowest BCUT2D eigenvalue weighted by molar-refractivity contribution is -0.123. The molecule has 126 valence electrons. The van der Waals surface area contributed by atoms with Crippen molar-refractivity contribution in [3.63, 3.8) is 0 Å². The number of aliphatic hydroxyl groups is 1. The lowest BCUT2D eigenvalue weighted by Crippen LogP contribution is -2.57. The average molecular weight is 326 g/mol. The van der Waals surface area contributed by atoms with Gasteiger partial charge in [-0.25, -0.2) is 0 Å². The molecular formula is C18H22N4O2. The fourth-order valence-corrected chi connectivity index (χ4v) is 3.71. The molecule has 1 fully saturated rings. The lowest BCUT2D eigenvalue weighted by Gasteiger charge is -2.42. The van der Waals surface area contributed by atoms with E-state index in [-0.39, 0.29) is 18.0 Å². The topological polar surface area (TPSA) is 70.4 Å². The van der Waals surface area contributed by atoms with E-state index in [1.54, 1.807) is 10.9 Å². The van der Waals surface area contributed by atoms with Crippen molar-refractivity contribution in [3.8, 4) is 0 Å². The van der Waals surface area contributed by atoms with Crippen molar-refractivity contribution in [2.45, 2.75) is 38.0 Å². The number of aryl methyl sites for hydroxylation is 1. The summed E-state index contributed by atoms with van der Waals surface area (Å²) >= 11 is 0. The normalized spacial score (nSPS) is 25.2. The molecule has 0 radical (unpaired) electrons. The molecule has 0 bridgehead atoms. The third-order valence-corrected chi connectivity index (χ3v) is 5.00. The Morgan fingerprint density at radius 2 is 2.25 bits per heavy atom. The van der Waals surface area contributed by atoms with Crippen LogP contribution in [0, 0.1) is 6.92 Å². The van der Waals surface area contributed by atoms with Gasteiger partial charge >= 0.3 is 0 Å². The number of nitrogens with zero attached hydrogens (tertiary/aromatic N) is 3. The Morgan fingerprint density at radius 3 is 3.00 bits per heavy atom. The molecule has 0 saturated heterocycles. The zero-order chi connectivity index (χ0) is 16.7. The third-order valence-electron chi connectivity index (χ3n) is 5.00. The molecule has 2 heterocycles. The van der Waals surface area contributed by atoms with E-state index in [2.05, 4.69) is 27.4 Å². The Bertz CT molecular complexity index is 757. The van der Waals surface area contributed by atoms with Crippen LogP contribution in [0.1, 0.15) is 23.6 Å². The van der Waals surface area contributed by atoms with E-state index in [9.17, 15) is 9.90 Å². The van der Waals surface area contributed by atoms with Gasteiger partial charge in [-0.1, -0.05) is 18.2 Å². The first-order valence-electron chi connectivity index (χ1n) is 8.43. The summed E-state index contributed by atoms with van der Waals surface area (Å²) < 4.78 is 1.76. The second kappa shape index (κ2) is 5.94. The smallest absolute Gasteiger partial charge is 0.239 e. The van der Waals surface area contributed by atoms with Crippen LogP contribution in [0.3, 0.4) is 0 Å². The van der Waals surface area contributed by atoms with Crippen molar-refractivity contribution in [2.24, 2.45) is 0 Å². The van der Waals surface area contributed by atoms with E-state index in [1.165, 1.54) is 5.56 Å². The fraction of sp³-hybridized carbons (Fsp3) is 0.444. The van der Waals surface area contributed by atoms with Crippen LogP contribution in [0.2, 0.25) is 0 Å². The average Bonchev–Trinajstić information content (AvgIpc) is 3.14. The van der Waals surface area contributed by atoms with E-state index >= 15 is 0 Å². The van der Waals surface area contributed by atoms with Gasteiger partial charge in [0.05, 0.1) is 30.9 Å². The predicted molar refractivity (Wildman–Crippen MR) is 90.9 cm³/mol. The number of aromatic nitrogens is 2. The Kier molecular flexibility index (Phi) is 3.76. The first kappa shape index (κ1) is 15.2. The Balaban J connectivity index is 1.38. The maximum Gasteiger partial charge on any atom is 0.239 e. The van der Waals surface area contributed by atoms with Crippen LogP contribution in [0.25, 0.3) is 0 Å². The van der Waals surface area contributed by atoms with Gasteiger partial charge in [0.15, 0.2) is 0 Å². The molecule has 2 aromatic rings. The van der Waals surface area contributed by atoms with Gasteiger partial charge in [-0.15, -0.1) is 0 Å². The first-order valence-corrected chi connectivity index (χ1v) is 8.43. The molecule has 1 aromatic carbocycles. The summed E-state index contributed by atoms with van der Waals surface area (Å²) in [5, 5.41) is 17.4. The summed E-state index contributed by atoms with van der Waals surface area (Å²) in [6.07, 6.45) is 4.78. The van der Waals surface area contributed by atoms with Gasteiger partial charge in [0.2, 0.25) is 5.91 Å². The monoisotopic (exact) mass is 326 g/mol. The van der Waals surface area contributed by atoms with Crippen LogP contribution in [0.15, 0.2) is 36.7 Å². The minimum atomic E-state index is -0.456. The molecule has 1 aliphatic carbocycles. The molecule has 6 heteroatoms. The molecule has 1 amide bonds. The third kappa shape index (κ3) is 2.67. The SMILES string of the molecule is Cc1cnn([C@H]2[C@H](O)C[C@@H]2NC(=O)CN2CCc3ccccc32)c1. The number of carbonyl (C=O) groups excluding carboxylic acids is 1. The van der Waals surface area contributed by atoms with Gasteiger partial charge in [0.25, 0.3) is 0 Å². The second-order valence-corrected chi connectivity index (χ2v) is 6.77. The number of nitrogens with one attached hydrogen (secondary N) is 1. The zero-order valence-corrected chi connectivity index (χ0v) is 13.7. The molecule has 4 rings (SSSR count). The summed E-state index contributed by atoms with van der Waals surface area (Å²) in [6.45, 7) is 3.20. The highest BCUT2D eigenvalue weighted by atomic mass is 16.3. The van der Waals surface area contributed by atoms with Gasteiger partial charge in [-0.05, 0) is 37.0 Å². The van der Waals surface area contributed by atoms with E-state index in [0.29, 0.717) is 13.0 Å². The van der Waals surface area contributed by atoms with E-state index in [4.69, 9.17) is 0 Å². The Labute approximate surface area is 141 Å². The van der Waals surface area contributed by atoms with Crippen molar-refractivity contribution >= 4 is 11.6 Å². The van der Waals surface area contributed by atoms with Gasteiger partial charge in [0.1, 0.15) is 0 Å². The molecule has 1 saturated carbocycles. The molecular weight excluding hydrogens is 304 g/mol. The summed E-state index contributed by atoms with van der Waals surface area (Å²) in [5.41, 5.74) is 3.50. The minimum absolute atomic E-state index is 0.00233. The van der Waals surface area contributed by atoms with Crippen LogP contribution in [-0.2, 0) is 11.2 Å². The van der Waals surface area contributed by atoms with Gasteiger partial charge < -0.3 is 15.3 Å².